The summed E-state index contributed by atoms with van der Waals surface area (Å²) in [6.45, 7) is 30.0. The summed E-state index contributed by atoms with van der Waals surface area (Å²) in [7, 11) is 1.80. The van der Waals surface area contributed by atoms with E-state index in [1.165, 1.54) is 33.5 Å². The van der Waals surface area contributed by atoms with Crippen LogP contribution in [0, 0.1) is 19.3 Å². The van der Waals surface area contributed by atoms with Crippen molar-refractivity contribution in [2.24, 2.45) is 5.41 Å². The van der Waals surface area contributed by atoms with E-state index >= 15 is 0 Å². The lowest BCUT2D eigenvalue weighted by molar-refractivity contribution is -0.756. The van der Waals surface area contributed by atoms with Crippen LogP contribution in [0.25, 0.3) is 22.6 Å². The molecule has 0 amide bonds. The highest BCUT2D eigenvalue weighted by Crippen LogP contribution is 2.52. The van der Waals surface area contributed by atoms with Gasteiger partial charge in [0.2, 0.25) is 5.82 Å². The number of allylic oxidation sites excluding steroid dienone is 1. The van der Waals surface area contributed by atoms with Crippen LogP contribution in [0.4, 0.5) is 0 Å². The summed E-state index contributed by atoms with van der Waals surface area (Å²) in [5, 5.41) is 1.32. The van der Waals surface area contributed by atoms with Crippen LogP contribution in [0.15, 0.2) is 60.9 Å². The predicted molar refractivity (Wildman–Crippen MR) is 205 cm³/mol. The molecule has 3 atom stereocenters. The van der Waals surface area contributed by atoms with Gasteiger partial charge in [0.15, 0.2) is 0 Å². The summed E-state index contributed by atoms with van der Waals surface area (Å²) in [6.07, 6.45) is 9.89. The lowest BCUT2D eigenvalue weighted by atomic mass is 9.58. The third kappa shape index (κ3) is 6.37. The van der Waals surface area contributed by atoms with E-state index in [1.807, 2.05) is 6.08 Å². The Hall–Kier alpha value is -3.44. The highest BCUT2D eigenvalue weighted by Gasteiger charge is 2.57. The van der Waals surface area contributed by atoms with E-state index in [2.05, 4.69) is 140 Å². The molecule has 49 heavy (non-hydrogen) atoms. The van der Waals surface area contributed by atoms with Gasteiger partial charge in [0, 0.05) is 38.2 Å². The summed E-state index contributed by atoms with van der Waals surface area (Å²) < 4.78 is 17.9. The van der Waals surface area contributed by atoms with Crippen molar-refractivity contribution in [3.8, 4) is 0 Å². The van der Waals surface area contributed by atoms with Crippen LogP contribution >= 0.6 is 0 Å². The van der Waals surface area contributed by atoms with Gasteiger partial charge >= 0.3 is 0 Å². The normalized spacial score (nSPS) is 20.4. The maximum atomic E-state index is 6.74. The molecule has 1 aliphatic rings. The molecular weight excluding hydrogens is 603 g/mol. The minimum absolute atomic E-state index is 0.0324. The highest BCUT2D eigenvalue weighted by atomic mass is 16.5. The van der Waals surface area contributed by atoms with Gasteiger partial charge in [-0.2, -0.15) is 4.40 Å². The molecule has 5 rings (SSSR count). The molecule has 0 fully saturated rings. The smallest absolute Gasteiger partial charge is 0.298 e. The van der Waals surface area contributed by atoms with Crippen LogP contribution in [0.1, 0.15) is 128 Å². The predicted octanol–water partition coefficient (Wildman–Crippen LogP) is 10.5. The van der Waals surface area contributed by atoms with Gasteiger partial charge < -0.3 is 9.47 Å². The monoisotopic (exact) mass is 664 g/mol. The van der Waals surface area contributed by atoms with Crippen molar-refractivity contribution < 1.29 is 14.0 Å². The number of methoxy groups -OCH3 is 1. The van der Waals surface area contributed by atoms with Gasteiger partial charge in [0.05, 0.1) is 29.4 Å². The molecule has 5 heteroatoms. The molecule has 0 radical (unpaired) electrons. The molecule has 0 spiro atoms. The zero-order chi connectivity index (χ0) is 35.9. The Bertz CT molecular complexity index is 1850. The third-order valence-electron chi connectivity index (χ3n) is 11.7. The first-order valence-corrected chi connectivity index (χ1v) is 18.5. The van der Waals surface area contributed by atoms with Crippen molar-refractivity contribution in [1.29, 1.82) is 0 Å². The zero-order valence-electron chi connectivity index (χ0n) is 32.6. The molecule has 0 N–H and O–H groups in total. The second-order valence-corrected chi connectivity index (χ2v) is 16.7. The molecule has 1 aliphatic heterocycles. The van der Waals surface area contributed by atoms with Gasteiger partial charge in [-0.3, -0.25) is 0 Å². The fourth-order valence-corrected chi connectivity index (χ4v) is 8.62. The second-order valence-electron chi connectivity index (χ2n) is 16.7. The molecule has 0 saturated carbocycles. The van der Waals surface area contributed by atoms with Gasteiger partial charge in [-0.1, -0.05) is 104 Å². The maximum absolute atomic E-state index is 6.74. The second kappa shape index (κ2) is 13.7. The molecule has 0 bridgehead atoms. The average molecular weight is 665 g/mol. The summed E-state index contributed by atoms with van der Waals surface area (Å²) >= 11 is 0. The molecule has 264 valence electrons. The molecule has 4 aromatic rings. The zero-order valence-corrected chi connectivity index (χ0v) is 32.6. The van der Waals surface area contributed by atoms with Gasteiger partial charge in [-0.25, -0.2) is 9.55 Å². The number of nitrogens with zero attached hydrogens (tertiary/aromatic N) is 3. The summed E-state index contributed by atoms with van der Waals surface area (Å²) in [5.74, 6) is 2.14. The number of benzene rings is 2. The standard InChI is InChI=1S/C44H62N3O2/c1-14-32-21-23-33(24-22-32)25-26-34(29-37(48-13)41(6,7)8)49-28-18-27-44(16-3)35-19-17-20-36-38(35)39-46(40(45-36)42(9,10)11)30(4)31(5)47(39)43(44,12)15-2/h14,17,19-24,29,37H,1,15-16,18,25-28H2,2-13H3/q+1. The van der Waals surface area contributed by atoms with Crippen LogP contribution in [0.5, 0.6) is 0 Å². The van der Waals surface area contributed by atoms with Crippen molar-refractivity contribution in [1.82, 2.24) is 9.38 Å². The minimum Gasteiger partial charge on any atom is -0.498 e. The molecule has 3 heterocycles. The fourth-order valence-electron chi connectivity index (χ4n) is 8.62. The van der Waals surface area contributed by atoms with E-state index in [-0.39, 0.29) is 27.9 Å². The largest absolute Gasteiger partial charge is 0.498 e. The van der Waals surface area contributed by atoms with Gasteiger partial charge in [0.25, 0.3) is 5.65 Å². The topological polar surface area (TPSA) is 39.6 Å². The van der Waals surface area contributed by atoms with Gasteiger partial charge in [-0.15, -0.1) is 0 Å². The van der Waals surface area contributed by atoms with Crippen LogP contribution in [-0.4, -0.2) is 29.2 Å². The van der Waals surface area contributed by atoms with Crippen LogP contribution in [-0.2, 0) is 32.3 Å². The lowest BCUT2D eigenvalue weighted by Gasteiger charge is -2.49. The SMILES string of the molecule is C=Cc1ccc(CCC(=CC(OC)C(C)(C)C)OCCCC2(CC)c3cccc4nc(C(C)(C)C)n5c(C)c(C)[n+](c5c34)C2(C)CC)cc1. The van der Waals surface area contributed by atoms with Crippen molar-refractivity contribution in [3.05, 3.63) is 94.8 Å². The van der Waals surface area contributed by atoms with Gasteiger partial charge in [0.1, 0.15) is 16.9 Å². The summed E-state index contributed by atoms with van der Waals surface area (Å²) in [5.41, 5.74) is 8.61. The Morgan fingerprint density at radius 3 is 2.29 bits per heavy atom. The molecule has 0 aliphatic carbocycles. The molecule has 3 unspecified atom stereocenters. The van der Waals surface area contributed by atoms with Crippen LogP contribution in [0.2, 0.25) is 0 Å². The lowest BCUT2D eigenvalue weighted by Crippen LogP contribution is -2.68. The van der Waals surface area contributed by atoms with E-state index in [1.54, 1.807) is 7.11 Å². The Morgan fingerprint density at radius 2 is 1.71 bits per heavy atom. The van der Waals surface area contributed by atoms with E-state index in [9.17, 15) is 0 Å². The molecular formula is C44H62N3O2+. The number of aromatic nitrogens is 3. The molecule has 2 aromatic heterocycles. The maximum Gasteiger partial charge on any atom is 0.298 e. The Balaban J connectivity index is 1.50. The number of hydrogen-bond acceptors (Lipinski definition) is 3. The van der Waals surface area contributed by atoms with Crippen molar-refractivity contribution in [2.75, 3.05) is 13.7 Å². The van der Waals surface area contributed by atoms with E-state index in [4.69, 9.17) is 14.5 Å². The van der Waals surface area contributed by atoms with E-state index < -0.39 is 0 Å². The first-order chi connectivity index (χ1) is 23.1. The molecule has 5 nitrogen and oxygen atoms in total. The molecule has 2 aromatic carbocycles. The number of rotatable bonds is 13. The number of ether oxygens (including phenoxy) is 2. The average Bonchev–Trinajstić information content (AvgIpc) is 3.34. The van der Waals surface area contributed by atoms with Crippen LogP contribution < -0.4 is 4.57 Å². The van der Waals surface area contributed by atoms with E-state index in [0.29, 0.717) is 6.61 Å². The highest BCUT2D eigenvalue weighted by molar-refractivity contribution is 5.95. The Morgan fingerprint density at radius 1 is 1.02 bits per heavy atom. The Labute approximate surface area is 296 Å². The summed E-state index contributed by atoms with van der Waals surface area (Å²) in [6, 6.07) is 15.5. The minimum atomic E-state index is -0.118. The number of imidazole rings is 1. The van der Waals surface area contributed by atoms with Crippen molar-refractivity contribution in [2.45, 2.75) is 137 Å². The quantitative estimate of drug-likeness (QED) is 0.0811. The number of hydrogen-bond donors (Lipinski definition) is 0. The molecule has 0 saturated heterocycles. The third-order valence-corrected chi connectivity index (χ3v) is 11.7. The van der Waals surface area contributed by atoms with Gasteiger partial charge in [-0.05, 0) is 73.3 Å². The van der Waals surface area contributed by atoms with Crippen molar-refractivity contribution >= 4 is 22.6 Å². The fraction of sp³-hybridized carbons (Fsp3) is 0.545. The van der Waals surface area contributed by atoms with Crippen molar-refractivity contribution in [3.63, 3.8) is 0 Å². The number of aryl methyl sites for hydroxylation is 2. The van der Waals surface area contributed by atoms with E-state index in [0.717, 1.165) is 61.2 Å². The first-order valence-electron chi connectivity index (χ1n) is 18.5. The first kappa shape index (κ1) is 36.8. The summed E-state index contributed by atoms with van der Waals surface area (Å²) in [4.78, 5) is 5.39. The van der Waals surface area contributed by atoms with Crippen LogP contribution in [0.3, 0.4) is 0 Å². The Kier molecular flexibility index (Phi) is 10.3.